The van der Waals surface area contributed by atoms with E-state index in [4.69, 9.17) is 26.8 Å². The number of hydrogen-bond acceptors (Lipinski definition) is 16. The molecular formula is C24H35N5O8S3. The summed E-state index contributed by atoms with van der Waals surface area (Å²) in [6, 6.07) is 1.45. The highest BCUT2D eigenvalue weighted by molar-refractivity contribution is 8.00. The highest BCUT2D eigenvalue weighted by atomic mass is 32.2. The molecule has 4 heterocycles. The van der Waals surface area contributed by atoms with Crippen LogP contribution in [-0.4, -0.2) is 108 Å². The summed E-state index contributed by atoms with van der Waals surface area (Å²) in [4.78, 5) is 0. The SMILES string of the molecule is N/C(=C\NC1C(O)C(CO)OC(SC2OC(CO)C(O)C(N(N)/C=C(\N)c3ccsc3)C2O)C1O)c1ccsc1. The molecule has 0 spiro atoms. The van der Waals surface area contributed by atoms with E-state index in [0.29, 0.717) is 17.0 Å². The average molecular weight is 618 g/mol. The maximum absolute atomic E-state index is 11.2. The molecule has 0 bridgehead atoms. The van der Waals surface area contributed by atoms with Gasteiger partial charge < -0.3 is 61.9 Å². The summed E-state index contributed by atoms with van der Waals surface area (Å²) in [5.41, 5.74) is 12.1. The lowest BCUT2D eigenvalue weighted by molar-refractivity contribution is -0.188. The number of aliphatic hydroxyl groups excluding tert-OH is 6. The third-order valence-electron chi connectivity index (χ3n) is 6.77. The van der Waals surface area contributed by atoms with Gasteiger partial charge in [0.15, 0.2) is 0 Å². The number of thioether (sulfide) groups is 1. The zero-order chi connectivity index (χ0) is 29.0. The van der Waals surface area contributed by atoms with Crippen molar-refractivity contribution in [2.75, 3.05) is 13.2 Å². The minimum Gasteiger partial charge on any atom is -0.397 e. The Balaban J connectivity index is 1.52. The molecule has 2 aliphatic heterocycles. The van der Waals surface area contributed by atoms with Crippen LogP contribution in [0.2, 0.25) is 0 Å². The summed E-state index contributed by atoms with van der Waals surface area (Å²) in [7, 11) is 0. The second-order valence-corrected chi connectivity index (χ2v) is 12.1. The first kappa shape index (κ1) is 31.0. The Morgan fingerprint density at radius 2 is 1.43 bits per heavy atom. The van der Waals surface area contributed by atoms with E-state index in [1.165, 1.54) is 35.1 Å². The maximum Gasteiger partial charge on any atom is 0.134 e. The lowest BCUT2D eigenvalue weighted by atomic mass is 9.96. The fraction of sp³-hybridized carbons (Fsp3) is 0.500. The Morgan fingerprint density at radius 3 is 1.98 bits per heavy atom. The van der Waals surface area contributed by atoms with E-state index in [9.17, 15) is 30.6 Å². The van der Waals surface area contributed by atoms with Gasteiger partial charge in [-0.15, -0.1) is 0 Å². The normalized spacial score (nSPS) is 35.5. The van der Waals surface area contributed by atoms with Crippen molar-refractivity contribution in [1.82, 2.24) is 10.3 Å². The number of thiophene rings is 2. The Kier molecular flexibility index (Phi) is 10.7. The fourth-order valence-electron chi connectivity index (χ4n) is 4.51. The largest absolute Gasteiger partial charge is 0.397 e. The van der Waals surface area contributed by atoms with Gasteiger partial charge >= 0.3 is 0 Å². The van der Waals surface area contributed by atoms with Crippen molar-refractivity contribution in [3.8, 4) is 0 Å². The molecule has 2 saturated heterocycles. The van der Waals surface area contributed by atoms with Gasteiger partial charge in [0.1, 0.15) is 53.5 Å². The standard InChI is InChI=1S/C24H35N5O8S3/c25-13(11-1-3-38-9-11)5-28-17-19(32)15(7-30)36-23(21(17)34)40-24-22(35)18(20(33)16(8-31)37-24)29(27)6-14(26)12-2-4-39-10-12/h1-6,9-10,15-24,28,30-35H,7-8,25-27H2/b13-5-,14-6-. The van der Waals surface area contributed by atoms with Crippen LogP contribution in [0.5, 0.6) is 0 Å². The smallest absolute Gasteiger partial charge is 0.134 e. The van der Waals surface area contributed by atoms with Crippen LogP contribution in [-0.2, 0) is 9.47 Å². The Labute approximate surface area is 243 Å². The molecule has 2 fully saturated rings. The Bertz CT molecular complexity index is 1120. The number of hydrogen-bond donors (Lipinski definition) is 10. The number of hydrazine groups is 1. The second-order valence-electron chi connectivity index (χ2n) is 9.39. The van der Waals surface area contributed by atoms with Crippen molar-refractivity contribution in [3.05, 3.63) is 57.2 Å². The summed E-state index contributed by atoms with van der Waals surface area (Å²) in [5, 5.41) is 74.9. The van der Waals surface area contributed by atoms with Crippen LogP contribution in [0.3, 0.4) is 0 Å². The Hall–Kier alpha value is -1.93. The van der Waals surface area contributed by atoms with Gasteiger partial charge in [-0.3, -0.25) is 0 Å². The topological polar surface area (TPSA) is 233 Å². The molecule has 222 valence electrons. The lowest BCUT2D eigenvalue weighted by Crippen LogP contribution is -2.66. The van der Waals surface area contributed by atoms with E-state index >= 15 is 0 Å². The summed E-state index contributed by atoms with van der Waals surface area (Å²) in [6.45, 7) is -1.13. The first-order chi connectivity index (χ1) is 19.2. The summed E-state index contributed by atoms with van der Waals surface area (Å²) in [5.74, 6) is 6.21. The van der Waals surface area contributed by atoms with E-state index < -0.39 is 72.8 Å². The van der Waals surface area contributed by atoms with Gasteiger partial charge in [0, 0.05) is 34.3 Å². The molecule has 0 saturated carbocycles. The van der Waals surface area contributed by atoms with Crippen molar-refractivity contribution >= 4 is 45.8 Å². The predicted molar refractivity (Wildman–Crippen MR) is 153 cm³/mol. The highest BCUT2D eigenvalue weighted by Gasteiger charge is 2.51. The van der Waals surface area contributed by atoms with Crippen LogP contribution >= 0.6 is 34.4 Å². The van der Waals surface area contributed by atoms with E-state index in [2.05, 4.69) is 5.32 Å². The van der Waals surface area contributed by atoms with Gasteiger partial charge in [0.2, 0.25) is 0 Å². The first-order valence-corrected chi connectivity index (χ1v) is 15.2. The molecule has 10 unspecified atom stereocenters. The minimum absolute atomic E-state index is 0.300. The molecule has 2 aromatic rings. The third kappa shape index (κ3) is 6.75. The molecule has 16 heteroatoms. The first-order valence-electron chi connectivity index (χ1n) is 12.3. The van der Waals surface area contributed by atoms with Crippen molar-refractivity contribution in [2.24, 2.45) is 17.3 Å². The molecule has 0 radical (unpaired) electrons. The number of nitrogens with one attached hydrogen (secondary N) is 1. The molecule has 2 aromatic heterocycles. The molecule has 10 atom stereocenters. The van der Waals surface area contributed by atoms with Crippen LogP contribution < -0.4 is 22.6 Å². The molecule has 0 aliphatic carbocycles. The van der Waals surface area contributed by atoms with Crippen molar-refractivity contribution in [3.63, 3.8) is 0 Å². The number of aliphatic hydroxyl groups is 6. The van der Waals surface area contributed by atoms with Gasteiger partial charge in [-0.2, -0.15) is 22.7 Å². The fourth-order valence-corrected chi connectivity index (χ4v) is 7.17. The molecular weight excluding hydrogens is 582 g/mol. The van der Waals surface area contributed by atoms with Crippen LogP contribution in [0.25, 0.3) is 11.4 Å². The van der Waals surface area contributed by atoms with Crippen molar-refractivity contribution < 1.29 is 40.1 Å². The summed E-state index contributed by atoms with van der Waals surface area (Å²) >= 11 is 3.76. The predicted octanol–water partition coefficient (Wildman–Crippen LogP) is -1.86. The van der Waals surface area contributed by atoms with Crippen LogP contribution in [0.15, 0.2) is 46.1 Å². The lowest BCUT2D eigenvalue weighted by Gasteiger charge is -2.47. The van der Waals surface area contributed by atoms with Crippen molar-refractivity contribution in [1.29, 1.82) is 0 Å². The van der Waals surface area contributed by atoms with E-state index in [1.54, 1.807) is 6.07 Å². The van der Waals surface area contributed by atoms with E-state index in [-0.39, 0.29) is 0 Å². The number of ether oxygens (including phenoxy) is 2. The molecule has 0 aromatic carbocycles. The molecule has 13 N–H and O–H groups in total. The number of nitrogens with zero attached hydrogens (tertiary/aromatic N) is 1. The molecule has 0 amide bonds. The monoisotopic (exact) mass is 617 g/mol. The van der Waals surface area contributed by atoms with Crippen LogP contribution in [0.1, 0.15) is 11.1 Å². The van der Waals surface area contributed by atoms with E-state index in [0.717, 1.165) is 22.3 Å². The van der Waals surface area contributed by atoms with Gasteiger partial charge in [0.05, 0.1) is 30.6 Å². The zero-order valence-corrected chi connectivity index (χ0v) is 23.7. The minimum atomic E-state index is -1.44. The van der Waals surface area contributed by atoms with Gasteiger partial charge in [0.25, 0.3) is 0 Å². The molecule has 13 nitrogen and oxygen atoms in total. The van der Waals surface area contributed by atoms with Gasteiger partial charge in [-0.25, -0.2) is 5.84 Å². The average Bonchev–Trinajstić information content (AvgIpc) is 3.66. The third-order valence-corrected chi connectivity index (χ3v) is 9.46. The van der Waals surface area contributed by atoms with Gasteiger partial charge in [-0.1, -0.05) is 11.8 Å². The number of rotatable bonds is 10. The second kappa shape index (κ2) is 13.8. The molecule has 4 rings (SSSR count). The summed E-state index contributed by atoms with van der Waals surface area (Å²) < 4.78 is 11.5. The van der Waals surface area contributed by atoms with Crippen molar-refractivity contribution in [2.45, 2.75) is 59.6 Å². The number of nitrogens with two attached hydrogens (primary N) is 3. The van der Waals surface area contributed by atoms with Crippen LogP contribution in [0, 0.1) is 0 Å². The van der Waals surface area contributed by atoms with E-state index in [1.807, 2.05) is 27.6 Å². The molecule has 2 aliphatic rings. The van der Waals surface area contributed by atoms with Gasteiger partial charge in [-0.05, 0) is 22.9 Å². The summed E-state index contributed by atoms with van der Waals surface area (Å²) in [6.07, 6.45) is -4.87. The zero-order valence-electron chi connectivity index (χ0n) is 21.2. The van der Waals surface area contributed by atoms with Crippen LogP contribution in [0.4, 0.5) is 0 Å². The Morgan fingerprint density at radius 1 is 0.875 bits per heavy atom. The maximum atomic E-state index is 11.2. The molecule has 40 heavy (non-hydrogen) atoms. The quantitative estimate of drug-likeness (QED) is 0.104. The highest BCUT2D eigenvalue weighted by Crippen LogP contribution is 2.37.